The van der Waals surface area contributed by atoms with Crippen molar-refractivity contribution in [3.63, 3.8) is 0 Å². The van der Waals surface area contributed by atoms with Crippen LogP contribution in [0.1, 0.15) is 25.7 Å². The van der Waals surface area contributed by atoms with Gasteiger partial charge >= 0.3 is 0 Å². The van der Waals surface area contributed by atoms with Gasteiger partial charge in [0.2, 0.25) is 5.91 Å². The highest BCUT2D eigenvalue weighted by Crippen LogP contribution is 2.29. The number of para-hydroxylation sites is 1. The summed E-state index contributed by atoms with van der Waals surface area (Å²) in [5.74, 6) is -0.127. The Morgan fingerprint density at radius 2 is 1.62 bits per heavy atom. The highest BCUT2D eigenvalue weighted by atomic mass is 35.5. The van der Waals surface area contributed by atoms with Gasteiger partial charge in [-0.3, -0.25) is 4.79 Å². The van der Waals surface area contributed by atoms with Crippen molar-refractivity contribution in [2.45, 2.75) is 25.7 Å². The molecular formula is C20H23Cl2N3O. The normalized spacial score (nSPS) is 14.2. The minimum Gasteiger partial charge on any atom is -0.385 e. The largest absolute Gasteiger partial charge is 0.385 e. The van der Waals surface area contributed by atoms with Crippen molar-refractivity contribution in [3.05, 3.63) is 52.5 Å². The lowest BCUT2D eigenvalue weighted by Gasteiger charge is -2.28. The molecule has 6 heteroatoms. The van der Waals surface area contributed by atoms with E-state index in [1.54, 1.807) is 18.2 Å². The second kappa shape index (κ2) is 9.15. The molecule has 2 aromatic carbocycles. The number of anilines is 3. The van der Waals surface area contributed by atoms with E-state index in [1.807, 2.05) is 0 Å². The molecule has 2 aromatic rings. The zero-order valence-corrected chi connectivity index (χ0v) is 16.1. The van der Waals surface area contributed by atoms with Crippen LogP contribution in [0.2, 0.25) is 10.0 Å². The van der Waals surface area contributed by atoms with Gasteiger partial charge in [0.25, 0.3) is 0 Å². The van der Waals surface area contributed by atoms with Crippen molar-refractivity contribution in [1.82, 2.24) is 0 Å². The van der Waals surface area contributed by atoms with E-state index in [0.717, 1.165) is 18.8 Å². The van der Waals surface area contributed by atoms with E-state index in [0.29, 0.717) is 28.7 Å². The highest BCUT2D eigenvalue weighted by Gasteiger charge is 2.11. The predicted octanol–water partition coefficient (Wildman–Crippen LogP) is 5.42. The van der Waals surface area contributed by atoms with E-state index < -0.39 is 0 Å². The summed E-state index contributed by atoms with van der Waals surface area (Å²) >= 11 is 12.1. The molecule has 2 N–H and O–H groups in total. The van der Waals surface area contributed by atoms with Crippen LogP contribution in [0.3, 0.4) is 0 Å². The van der Waals surface area contributed by atoms with Gasteiger partial charge in [-0.1, -0.05) is 29.3 Å². The van der Waals surface area contributed by atoms with Crippen LogP contribution in [-0.2, 0) is 4.79 Å². The van der Waals surface area contributed by atoms with Crippen molar-refractivity contribution in [2.24, 2.45) is 0 Å². The van der Waals surface area contributed by atoms with Gasteiger partial charge in [-0.15, -0.1) is 0 Å². The number of halogens is 2. The minimum atomic E-state index is -0.127. The lowest BCUT2D eigenvalue weighted by molar-refractivity contribution is -0.115. The van der Waals surface area contributed by atoms with Gasteiger partial charge in [0.15, 0.2) is 0 Å². The Kier molecular flexibility index (Phi) is 6.64. The fraction of sp³-hybridized carbons (Fsp3) is 0.350. The number of hydrogen-bond acceptors (Lipinski definition) is 3. The van der Waals surface area contributed by atoms with Crippen LogP contribution in [0.15, 0.2) is 42.5 Å². The molecular weight excluding hydrogens is 369 g/mol. The first-order valence-corrected chi connectivity index (χ1v) is 9.72. The Morgan fingerprint density at radius 1 is 0.962 bits per heavy atom. The number of nitrogens with one attached hydrogen (secondary N) is 2. The molecule has 0 bridgehead atoms. The van der Waals surface area contributed by atoms with Crippen LogP contribution in [0.5, 0.6) is 0 Å². The van der Waals surface area contributed by atoms with E-state index in [-0.39, 0.29) is 5.91 Å². The number of benzene rings is 2. The third kappa shape index (κ3) is 5.05. The van der Waals surface area contributed by atoms with Crippen LogP contribution >= 0.6 is 23.2 Å². The summed E-state index contributed by atoms with van der Waals surface area (Å²) in [5, 5.41) is 6.92. The SMILES string of the molecule is O=C(CCNc1ccc(N2CCCCC2)cc1)Nc1c(Cl)cccc1Cl. The van der Waals surface area contributed by atoms with Gasteiger partial charge in [-0.2, -0.15) is 0 Å². The first kappa shape index (κ1) is 18.9. The molecule has 0 aromatic heterocycles. The Hall–Kier alpha value is -1.91. The smallest absolute Gasteiger partial charge is 0.226 e. The molecule has 3 rings (SSSR count). The molecule has 0 unspecified atom stereocenters. The van der Waals surface area contributed by atoms with Crippen LogP contribution in [0, 0.1) is 0 Å². The molecule has 4 nitrogen and oxygen atoms in total. The lowest BCUT2D eigenvalue weighted by atomic mass is 10.1. The molecule has 0 saturated carbocycles. The molecule has 1 aliphatic rings. The number of nitrogens with zero attached hydrogens (tertiary/aromatic N) is 1. The summed E-state index contributed by atoms with van der Waals surface area (Å²) in [6, 6.07) is 13.5. The number of hydrogen-bond donors (Lipinski definition) is 2. The number of rotatable bonds is 6. The van der Waals surface area contributed by atoms with Crippen molar-refractivity contribution < 1.29 is 4.79 Å². The monoisotopic (exact) mass is 391 g/mol. The Morgan fingerprint density at radius 3 is 2.27 bits per heavy atom. The molecule has 1 fully saturated rings. The summed E-state index contributed by atoms with van der Waals surface area (Å²) in [4.78, 5) is 14.5. The third-order valence-corrected chi connectivity index (χ3v) is 5.13. The van der Waals surface area contributed by atoms with Crippen LogP contribution in [-0.4, -0.2) is 25.5 Å². The Labute approximate surface area is 164 Å². The average molecular weight is 392 g/mol. The molecule has 1 heterocycles. The molecule has 0 aliphatic carbocycles. The lowest BCUT2D eigenvalue weighted by Crippen LogP contribution is -2.29. The Bertz CT molecular complexity index is 723. The van der Waals surface area contributed by atoms with E-state index in [9.17, 15) is 4.79 Å². The van der Waals surface area contributed by atoms with Gasteiger partial charge < -0.3 is 15.5 Å². The van der Waals surface area contributed by atoms with Crippen LogP contribution < -0.4 is 15.5 Å². The van der Waals surface area contributed by atoms with Crippen LogP contribution in [0.4, 0.5) is 17.1 Å². The van der Waals surface area contributed by atoms with Gasteiger partial charge in [0, 0.05) is 37.4 Å². The number of piperidine rings is 1. The first-order chi connectivity index (χ1) is 12.6. The maximum Gasteiger partial charge on any atom is 0.226 e. The molecule has 0 atom stereocenters. The Balaban J connectivity index is 1.46. The number of carbonyl (C=O) groups excluding carboxylic acids is 1. The second-order valence-corrected chi connectivity index (χ2v) is 7.23. The van der Waals surface area contributed by atoms with E-state index in [2.05, 4.69) is 39.8 Å². The topological polar surface area (TPSA) is 44.4 Å². The van der Waals surface area contributed by atoms with Crippen molar-refractivity contribution in [1.29, 1.82) is 0 Å². The van der Waals surface area contributed by atoms with Gasteiger partial charge in [-0.25, -0.2) is 0 Å². The summed E-state index contributed by atoms with van der Waals surface area (Å²) in [5.41, 5.74) is 2.74. The minimum absolute atomic E-state index is 0.127. The first-order valence-electron chi connectivity index (χ1n) is 8.96. The molecule has 26 heavy (non-hydrogen) atoms. The number of amides is 1. The maximum atomic E-state index is 12.1. The fourth-order valence-electron chi connectivity index (χ4n) is 3.08. The molecule has 1 saturated heterocycles. The molecule has 0 spiro atoms. The third-order valence-electron chi connectivity index (χ3n) is 4.50. The molecule has 1 amide bonds. The zero-order valence-electron chi connectivity index (χ0n) is 14.6. The van der Waals surface area contributed by atoms with Crippen molar-refractivity contribution in [2.75, 3.05) is 35.2 Å². The summed E-state index contributed by atoms with van der Waals surface area (Å²) in [7, 11) is 0. The summed E-state index contributed by atoms with van der Waals surface area (Å²) in [6.45, 7) is 2.81. The van der Waals surface area contributed by atoms with Gasteiger partial charge in [0.1, 0.15) is 0 Å². The van der Waals surface area contributed by atoms with Crippen molar-refractivity contribution in [3.8, 4) is 0 Å². The van der Waals surface area contributed by atoms with Gasteiger partial charge in [-0.05, 0) is 55.7 Å². The molecule has 1 aliphatic heterocycles. The predicted molar refractivity (Wildman–Crippen MR) is 111 cm³/mol. The molecule has 138 valence electrons. The fourth-order valence-corrected chi connectivity index (χ4v) is 3.57. The van der Waals surface area contributed by atoms with E-state index in [4.69, 9.17) is 23.2 Å². The molecule has 0 radical (unpaired) electrons. The maximum absolute atomic E-state index is 12.1. The zero-order chi connectivity index (χ0) is 18.4. The van der Waals surface area contributed by atoms with E-state index >= 15 is 0 Å². The summed E-state index contributed by atoms with van der Waals surface area (Å²) in [6.07, 6.45) is 4.20. The van der Waals surface area contributed by atoms with E-state index in [1.165, 1.54) is 24.9 Å². The highest BCUT2D eigenvalue weighted by molar-refractivity contribution is 6.39. The standard InChI is InChI=1S/C20H23Cl2N3O/c21-17-5-4-6-18(22)20(17)24-19(26)11-12-23-15-7-9-16(10-8-15)25-13-2-1-3-14-25/h4-10,23H,1-3,11-14H2,(H,24,26). The van der Waals surface area contributed by atoms with Crippen LogP contribution in [0.25, 0.3) is 0 Å². The number of carbonyl (C=O) groups is 1. The quantitative estimate of drug-likeness (QED) is 0.690. The average Bonchev–Trinajstić information content (AvgIpc) is 2.66. The summed E-state index contributed by atoms with van der Waals surface area (Å²) < 4.78 is 0. The van der Waals surface area contributed by atoms with Gasteiger partial charge in [0.05, 0.1) is 15.7 Å². The van der Waals surface area contributed by atoms with Crippen molar-refractivity contribution >= 4 is 46.2 Å². The second-order valence-electron chi connectivity index (χ2n) is 6.42.